The number of aromatic nitrogens is 3. The van der Waals surface area contributed by atoms with Gasteiger partial charge in [-0.3, -0.25) is 4.99 Å². The molecule has 1 aromatic heterocycles. The van der Waals surface area contributed by atoms with Gasteiger partial charge in [0.15, 0.2) is 5.76 Å². The Labute approximate surface area is 167 Å². The average molecular weight is 386 g/mol. The summed E-state index contributed by atoms with van der Waals surface area (Å²) >= 11 is 0. The number of fused-ring (bicyclic) bond motifs is 2. The van der Waals surface area contributed by atoms with E-state index >= 15 is 0 Å². The Morgan fingerprint density at radius 2 is 1.93 bits per heavy atom. The van der Waals surface area contributed by atoms with Crippen LogP contribution in [0.5, 0.6) is 0 Å². The molecule has 0 unspecified atom stereocenters. The van der Waals surface area contributed by atoms with Gasteiger partial charge in [0.1, 0.15) is 17.0 Å². The third kappa shape index (κ3) is 2.97. The molecule has 0 spiro atoms. The Balaban J connectivity index is 1.48. The first-order valence-electron chi connectivity index (χ1n) is 9.49. The molecule has 1 aliphatic carbocycles. The Morgan fingerprint density at radius 3 is 2.76 bits per heavy atom. The maximum atomic E-state index is 13.1. The Kier molecular flexibility index (Phi) is 3.94. The van der Waals surface area contributed by atoms with Crippen LogP contribution in [0.2, 0.25) is 0 Å². The lowest BCUT2D eigenvalue weighted by atomic mass is 9.76. The number of hydrogen-bond acceptors (Lipinski definition) is 4. The normalized spacial score (nSPS) is 21.2. The van der Waals surface area contributed by atoms with E-state index in [-0.39, 0.29) is 11.6 Å². The van der Waals surface area contributed by atoms with E-state index in [1.54, 1.807) is 23.0 Å². The number of aliphatic imine (C=N–C) groups is 1. The number of rotatable bonds is 3. The number of allylic oxidation sites excluding steroid dienone is 4. The molecule has 1 atom stereocenters. The average Bonchev–Trinajstić information content (AvgIpc) is 3.14. The SMILES string of the molecule is C[C@@]12C=C(Cc3ccc(F)cc3)C=NC1=C(O)C(n1nnc3ccccc31)=CC2. The minimum absolute atomic E-state index is 0.114. The van der Waals surface area contributed by atoms with Gasteiger partial charge in [-0.2, -0.15) is 0 Å². The molecule has 0 saturated heterocycles. The summed E-state index contributed by atoms with van der Waals surface area (Å²) < 4.78 is 14.8. The quantitative estimate of drug-likeness (QED) is 0.700. The van der Waals surface area contributed by atoms with Gasteiger partial charge in [-0.25, -0.2) is 9.07 Å². The topological polar surface area (TPSA) is 63.3 Å². The van der Waals surface area contributed by atoms with Gasteiger partial charge in [0.25, 0.3) is 0 Å². The summed E-state index contributed by atoms with van der Waals surface area (Å²) in [7, 11) is 0. The smallest absolute Gasteiger partial charge is 0.163 e. The highest BCUT2D eigenvalue weighted by Crippen LogP contribution is 2.45. The van der Waals surface area contributed by atoms with E-state index in [1.165, 1.54) is 12.1 Å². The van der Waals surface area contributed by atoms with Gasteiger partial charge in [0.2, 0.25) is 0 Å². The second-order valence-corrected chi connectivity index (χ2v) is 7.68. The molecule has 144 valence electrons. The van der Waals surface area contributed by atoms with Gasteiger partial charge in [0.05, 0.1) is 11.2 Å². The van der Waals surface area contributed by atoms with Crippen LogP contribution in [0.3, 0.4) is 0 Å². The Hall–Kier alpha value is -3.54. The van der Waals surface area contributed by atoms with Crippen LogP contribution in [0.25, 0.3) is 16.7 Å². The molecule has 2 heterocycles. The summed E-state index contributed by atoms with van der Waals surface area (Å²) in [5, 5.41) is 19.4. The molecule has 2 aromatic carbocycles. The van der Waals surface area contributed by atoms with E-state index < -0.39 is 5.41 Å². The first kappa shape index (κ1) is 17.6. The maximum absolute atomic E-state index is 13.1. The Morgan fingerprint density at radius 1 is 1.14 bits per heavy atom. The molecule has 3 aromatic rings. The van der Waals surface area contributed by atoms with E-state index in [9.17, 15) is 9.50 Å². The molecule has 0 amide bonds. The fourth-order valence-corrected chi connectivity index (χ4v) is 3.99. The zero-order valence-corrected chi connectivity index (χ0v) is 15.9. The first-order chi connectivity index (χ1) is 14.0. The van der Waals surface area contributed by atoms with Crippen LogP contribution in [-0.2, 0) is 6.42 Å². The van der Waals surface area contributed by atoms with E-state index in [1.807, 2.05) is 30.3 Å². The highest BCUT2D eigenvalue weighted by Gasteiger charge is 2.36. The predicted molar refractivity (Wildman–Crippen MR) is 111 cm³/mol. The van der Waals surface area contributed by atoms with Gasteiger partial charge in [-0.15, -0.1) is 5.10 Å². The van der Waals surface area contributed by atoms with Crippen molar-refractivity contribution in [2.24, 2.45) is 10.4 Å². The highest BCUT2D eigenvalue weighted by atomic mass is 19.1. The standard InChI is InChI=1S/C23H19FN4O/c1-23-11-10-20(28-19-5-3-2-4-18(19)26-27-28)21(29)22(23)25-14-16(13-23)12-15-6-8-17(24)9-7-15/h2-10,13-14,29H,11-12H2,1H3/t23-/m1/s1. The molecule has 0 fully saturated rings. The van der Waals surface area contributed by atoms with Crippen molar-refractivity contribution in [3.63, 3.8) is 0 Å². The number of para-hydroxylation sites is 1. The van der Waals surface area contributed by atoms with Crippen LogP contribution in [0.1, 0.15) is 18.9 Å². The lowest BCUT2D eigenvalue weighted by molar-refractivity contribution is 0.381. The van der Waals surface area contributed by atoms with E-state index in [0.29, 0.717) is 24.2 Å². The molecular formula is C23H19FN4O. The van der Waals surface area contributed by atoms with Gasteiger partial charge < -0.3 is 5.11 Å². The minimum Gasteiger partial charge on any atom is -0.504 e. The largest absolute Gasteiger partial charge is 0.504 e. The summed E-state index contributed by atoms with van der Waals surface area (Å²) in [6.45, 7) is 2.06. The van der Waals surface area contributed by atoms with Gasteiger partial charge in [-0.05, 0) is 48.2 Å². The van der Waals surface area contributed by atoms with E-state index in [0.717, 1.165) is 22.2 Å². The summed E-state index contributed by atoms with van der Waals surface area (Å²) in [6, 6.07) is 14.1. The Bertz CT molecular complexity index is 1230. The van der Waals surface area contributed by atoms with Crippen molar-refractivity contribution in [2.45, 2.75) is 19.8 Å². The fourth-order valence-electron chi connectivity index (χ4n) is 3.99. The van der Waals surface area contributed by atoms with Crippen molar-refractivity contribution in [3.05, 3.63) is 89.1 Å². The molecule has 0 bridgehead atoms. The number of aliphatic hydroxyl groups excluding tert-OH is 1. The third-order valence-corrected chi connectivity index (χ3v) is 5.49. The van der Waals surface area contributed by atoms with Gasteiger partial charge in [0, 0.05) is 11.6 Å². The zero-order chi connectivity index (χ0) is 20.0. The number of nitrogens with zero attached hydrogens (tertiary/aromatic N) is 4. The van der Waals surface area contributed by atoms with Crippen molar-refractivity contribution >= 4 is 22.9 Å². The summed E-state index contributed by atoms with van der Waals surface area (Å²) in [5.41, 5.74) is 4.48. The summed E-state index contributed by atoms with van der Waals surface area (Å²) in [6.07, 6.45) is 7.24. The lowest BCUT2D eigenvalue weighted by Crippen LogP contribution is -2.25. The van der Waals surface area contributed by atoms with E-state index in [4.69, 9.17) is 0 Å². The van der Waals surface area contributed by atoms with Crippen molar-refractivity contribution in [1.29, 1.82) is 0 Å². The maximum Gasteiger partial charge on any atom is 0.163 e. The van der Waals surface area contributed by atoms with Crippen LogP contribution >= 0.6 is 0 Å². The second-order valence-electron chi connectivity index (χ2n) is 7.68. The molecule has 1 N–H and O–H groups in total. The second kappa shape index (κ2) is 6.51. The molecule has 6 heteroatoms. The van der Waals surface area contributed by atoms with Gasteiger partial charge in [-0.1, -0.05) is 48.6 Å². The first-order valence-corrected chi connectivity index (χ1v) is 9.49. The number of dihydropyridines is 1. The van der Waals surface area contributed by atoms with Crippen molar-refractivity contribution in [1.82, 2.24) is 15.0 Å². The molecule has 0 radical (unpaired) electrons. The molecule has 1 aliphatic heterocycles. The van der Waals surface area contributed by atoms with Crippen LogP contribution in [0.15, 0.2) is 82.7 Å². The zero-order valence-electron chi connectivity index (χ0n) is 15.9. The molecule has 5 rings (SSSR count). The summed E-state index contributed by atoms with van der Waals surface area (Å²) in [5.74, 6) is -0.129. The molecule has 5 nitrogen and oxygen atoms in total. The van der Waals surface area contributed by atoms with Gasteiger partial charge >= 0.3 is 0 Å². The number of aliphatic hydroxyl groups is 1. The number of halogens is 1. The predicted octanol–water partition coefficient (Wildman–Crippen LogP) is 4.84. The summed E-state index contributed by atoms with van der Waals surface area (Å²) in [4.78, 5) is 4.60. The lowest BCUT2D eigenvalue weighted by Gasteiger charge is -2.33. The van der Waals surface area contributed by atoms with Crippen LogP contribution in [0, 0.1) is 11.2 Å². The van der Waals surface area contributed by atoms with Crippen LogP contribution in [-0.4, -0.2) is 26.3 Å². The monoisotopic (exact) mass is 386 g/mol. The molecular weight excluding hydrogens is 367 g/mol. The third-order valence-electron chi connectivity index (χ3n) is 5.49. The van der Waals surface area contributed by atoms with E-state index in [2.05, 4.69) is 28.3 Å². The number of hydrogen-bond donors (Lipinski definition) is 1. The van der Waals surface area contributed by atoms with Crippen molar-refractivity contribution < 1.29 is 9.50 Å². The molecule has 2 aliphatic rings. The molecule has 29 heavy (non-hydrogen) atoms. The van der Waals surface area contributed by atoms with Crippen molar-refractivity contribution in [2.75, 3.05) is 0 Å². The highest BCUT2D eigenvalue weighted by molar-refractivity contribution is 5.85. The van der Waals surface area contributed by atoms with Crippen molar-refractivity contribution in [3.8, 4) is 0 Å². The van der Waals surface area contributed by atoms with Crippen LogP contribution in [0.4, 0.5) is 4.39 Å². The molecule has 0 saturated carbocycles. The number of benzene rings is 2. The van der Waals surface area contributed by atoms with Crippen LogP contribution < -0.4 is 0 Å². The minimum atomic E-state index is -0.409. The fraction of sp³-hybridized carbons (Fsp3) is 0.174.